The van der Waals surface area contributed by atoms with Crippen LogP contribution < -0.4 is 10.6 Å². The molecule has 3 nitrogen and oxygen atoms in total. The van der Waals surface area contributed by atoms with E-state index in [1.807, 2.05) is 18.2 Å². The monoisotopic (exact) mass is 260 g/mol. The fourth-order valence-corrected chi connectivity index (χ4v) is 2.73. The summed E-state index contributed by atoms with van der Waals surface area (Å²) in [6.07, 6.45) is 4.70. The highest BCUT2D eigenvalue weighted by molar-refractivity contribution is 5.74. The van der Waals surface area contributed by atoms with Crippen molar-refractivity contribution in [3.8, 4) is 0 Å². The summed E-state index contributed by atoms with van der Waals surface area (Å²) < 4.78 is 0. The quantitative estimate of drug-likeness (QED) is 0.853. The molecule has 0 aliphatic heterocycles. The Morgan fingerprint density at radius 3 is 2.37 bits per heavy atom. The Labute approximate surface area is 115 Å². The summed E-state index contributed by atoms with van der Waals surface area (Å²) in [7, 11) is 0. The van der Waals surface area contributed by atoms with Crippen molar-refractivity contribution in [2.45, 2.75) is 51.6 Å². The van der Waals surface area contributed by atoms with E-state index in [1.54, 1.807) is 0 Å². The number of urea groups is 1. The molecule has 1 aromatic rings. The second kappa shape index (κ2) is 6.60. The van der Waals surface area contributed by atoms with Gasteiger partial charge in [-0.1, -0.05) is 57.0 Å². The van der Waals surface area contributed by atoms with E-state index in [9.17, 15) is 4.79 Å². The zero-order valence-corrected chi connectivity index (χ0v) is 11.9. The molecule has 2 N–H and O–H groups in total. The third kappa shape index (κ3) is 3.98. The molecular weight excluding hydrogens is 236 g/mol. The van der Waals surface area contributed by atoms with E-state index in [0.29, 0.717) is 12.0 Å². The maximum atomic E-state index is 12.1. The van der Waals surface area contributed by atoms with Gasteiger partial charge in [0.1, 0.15) is 0 Å². The Balaban J connectivity index is 1.95. The average molecular weight is 260 g/mol. The Kier molecular flexibility index (Phi) is 4.83. The summed E-state index contributed by atoms with van der Waals surface area (Å²) in [4.78, 5) is 12.1. The van der Waals surface area contributed by atoms with Gasteiger partial charge in [-0.2, -0.15) is 0 Å². The maximum Gasteiger partial charge on any atom is 0.315 e. The standard InChI is InChI=1S/C16H24N2O/c1-12(2)15(13-8-4-3-5-9-13)18-16(19)17-14-10-6-7-11-14/h3-5,8-9,12,14-15H,6-7,10-11H2,1-2H3,(H2,17,18,19)/t15-/m0/s1. The molecule has 0 radical (unpaired) electrons. The molecule has 0 bridgehead atoms. The van der Waals surface area contributed by atoms with Crippen LogP contribution in [0.1, 0.15) is 51.1 Å². The van der Waals surface area contributed by atoms with Crippen molar-refractivity contribution < 1.29 is 4.79 Å². The lowest BCUT2D eigenvalue weighted by Gasteiger charge is -2.24. The normalized spacial score (nSPS) is 17.4. The highest BCUT2D eigenvalue weighted by Crippen LogP contribution is 2.22. The summed E-state index contributed by atoms with van der Waals surface area (Å²) in [6.45, 7) is 4.26. The van der Waals surface area contributed by atoms with Crippen LogP contribution in [-0.2, 0) is 0 Å². The molecule has 1 aliphatic carbocycles. The minimum atomic E-state index is -0.0329. The molecule has 1 saturated carbocycles. The predicted molar refractivity (Wildman–Crippen MR) is 77.9 cm³/mol. The topological polar surface area (TPSA) is 41.1 Å². The molecule has 1 aliphatic rings. The highest BCUT2D eigenvalue weighted by Gasteiger charge is 2.21. The summed E-state index contributed by atoms with van der Waals surface area (Å²) in [5, 5.41) is 6.19. The zero-order valence-electron chi connectivity index (χ0n) is 11.9. The zero-order chi connectivity index (χ0) is 13.7. The van der Waals surface area contributed by atoms with Crippen LogP contribution in [0.5, 0.6) is 0 Å². The van der Waals surface area contributed by atoms with Gasteiger partial charge in [-0.3, -0.25) is 0 Å². The minimum Gasteiger partial charge on any atom is -0.335 e. The van der Waals surface area contributed by atoms with Gasteiger partial charge in [0, 0.05) is 6.04 Å². The average Bonchev–Trinajstić information content (AvgIpc) is 2.89. The van der Waals surface area contributed by atoms with Crippen LogP contribution in [0.2, 0.25) is 0 Å². The number of amides is 2. The van der Waals surface area contributed by atoms with Crippen LogP contribution in [0, 0.1) is 5.92 Å². The van der Waals surface area contributed by atoms with Gasteiger partial charge in [-0.25, -0.2) is 4.79 Å². The SMILES string of the molecule is CC(C)[C@H](NC(=O)NC1CCCC1)c1ccccc1. The first-order chi connectivity index (χ1) is 9.16. The fraction of sp³-hybridized carbons (Fsp3) is 0.562. The molecule has 3 heteroatoms. The van der Waals surface area contributed by atoms with Crippen molar-refractivity contribution in [3.63, 3.8) is 0 Å². The van der Waals surface area contributed by atoms with Crippen molar-refractivity contribution in [2.75, 3.05) is 0 Å². The minimum absolute atomic E-state index is 0.0329. The van der Waals surface area contributed by atoms with Crippen molar-refractivity contribution in [1.29, 1.82) is 0 Å². The lowest BCUT2D eigenvalue weighted by Crippen LogP contribution is -2.43. The lowest BCUT2D eigenvalue weighted by molar-refractivity contribution is 0.229. The Morgan fingerprint density at radius 2 is 1.79 bits per heavy atom. The number of carbonyl (C=O) groups excluding carboxylic acids is 1. The van der Waals surface area contributed by atoms with Crippen LogP contribution in [0.3, 0.4) is 0 Å². The second-order valence-corrected chi connectivity index (χ2v) is 5.73. The van der Waals surface area contributed by atoms with E-state index in [1.165, 1.54) is 18.4 Å². The van der Waals surface area contributed by atoms with Crippen molar-refractivity contribution in [2.24, 2.45) is 5.92 Å². The third-order valence-corrected chi connectivity index (χ3v) is 3.80. The van der Waals surface area contributed by atoms with Crippen LogP contribution >= 0.6 is 0 Å². The third-order valence-electron chi connectivity index (χ3n) is 3.80. The van der Waals surface area contributed by atoms with Crippen LogP contribution in [-0.4, -0.2) is 12.1 Å². The number of benzene rings is 1. The molecule has 0 aromatic heterocycles. The predicted octanol–water partition coefficient (Wildman–Crippen LogP) is 3.63. The van der Waals surface area contributed by atoms with Crippen molar-refractivity contribution >= 4 is 6.03 Å². The van der Waals surface area contributed by atoms with Crippen LogP contribution in [0.4, 0.5) is 4.79 Å². The summed E-state index contributed by atoms with van der Waals surface area (Å²) >= 11 is 0. The first-order valence-electron chi connectivity index (χ1n) is 7.29. The molecule has 0 saturated heterocycles. The van der Waals surface area contributed by atoms with Gasteiger partial charge in [0.25, 0.3) is 0 Å². The Morgan fingerprint density at radius 1 is 1.16 bits per heavy atom. The molecule has 2 amide bonds. The van der Waals surface area contributed by atoms with Gasteiger partial charge < -0.3 is 10.6 Å². The van der Waals surface area contributed by atoms with E-state index in [-0.39, 0.29) is 12.1 Å². The highest BCUT2D eigenvalue weighted by atomic mass is 16.2. The largest absolute Gasteiger partial charge is 0.335 e. The van der Waals surface area contributed by atoms with Crippen molar-refractivity contribution in [1.82, 2.24) is 10.6 Å². The smallest absolute Gasteiger partial charge is 0.315 e. The molecule has 1 fully saturated rings. The first kappa shape index (κ1) is 13.9. The summed E-state index contributed by atoms with van der Waals surface area (Å²) in [5.41, 5.74) is 1.17. The van der Waals surface area contributed by atoms with Crippen LogP contribution in [0.25, 0.3) is 0 Å². The molecule has 0 unspecified atom stereocenters. The summed E-state index contributed by atoms with van der Waals surface area (Å²) in [6, 6.07) is 10.6. The van der Waals surface area contributed by atoms with Crippen LogP contribution in [0.15, 0.2) is 30.3 Å². The number of rotatable bonds is 4. The molecule has 0 spiro atoms. The Hall–Kier alpha value is -1.51. The van der Waals surface area contributed by atoms with E-state index in [0.717, 1.165) is 12.8 Å². The molecule has 19 heavy (non-hydrogen) atoms. The summed E-state index contributed by atoms with van der Waals surface area (Å²) in [5.74, 6) is 0.372. The first-order valence-corrected chi connectivity index (χ1v) is 7.29. The van der Waals surface area contributed by atoms with Gasteiger partial charge in [-0.15, -0.1) is 0 Å². The van der Waals surface area contributed by atoms with Gasteiger partial charge in [-0.05, 0) is 24.3 Å². The van der Waals surface area contributed by atoms with Gasteiger partial charge in [0.05, 0.1) is 6.04 Å². The molecule has 1 atom stereocenters. The molecule has 0 heterocycles. The molecule has 1 aromatic carbocycles. The molecule has 104 valence electrons. The lowest BCUT2D eigenvalue weighted by atomic mass is 9.96. The van der Waals surface area contributed by atoms with Gasteiger partial charge >= 0.3 is 6.03 Å². The number of hydrogen-bond donors (Lipinski definition) is 2. The molecule has 2 rings (SSSR count). The fourth-order valence-electron chi connectivity index (χ4n) is 2.73. The number of carbonyl (C=O) groups is 1. The van der Waals surface area contributed by atoms with Gasteiger partial charge in [0.15, 0.2) is 0 Å². The van der Waals surface area contributed by atoms with E-state index in [4.69, 9.17) is 0 Å². The van der Waals surface area contributed by atoms with E-state index >= 15 is 0 Å². The number of nitrogens with one attached hydrogen (secondary N) is 2. The Bertz CT molecular complexity index is 396. The second-order valence-electron chi connectivity index (χ2n) is 5.73. The van der Waals surface area contributed by atoms with E-state index in [2.05, 4.69) is 36.6 Å². The molecular formula is C16H24N2O. The number of hydrogen-bond acceptors (Lipinski definition) is 1. The van der Waals surface area contributed by atoms with Gasteiger partial charge in [0.2, 0.25) is 0 Å². The van der Waals surface area contributed by atoms with E-state index < -0.39 is 0 Å². The maximum absolute atomic E-state index is 12.1. The van der Waals surface area contributed by atoms with Crippen molar-refractivity contribution in [3.05, 3.63) is 35.9 Å².